The minimum Gasteiger partial charge on any atom is -0.497 e. The Hall–Kier alpha value is -2.87. The topological polar surface area (TPSA) is 93.7 Å². The van der Waals surface area contributed by atoms with Gasteiger partial charge in [-0.15, -0.1) is 11.3 Å². The Labute approximate surface area is 161 Å². The molecular formula is C19H22N2O5S. The molecule has 0 atom stereocenters. The fourth-order valence-corrected chi connectivity index (χ4v) is 3.40. The van der Waals surface area contributed by atoms with Crippen LogP contribution < -0.4 is 15.4 Å². The molecule has 2 aromatic rings. The van der Waals surface area contributed by atoms with Crippen molar-refractivity contribution in [2.75, 3.05) is 24.9 Å². The third-order valence-corrected chi connectivity index (χ3v) is 5.04. The Kier molecular flexibility index (Phi) is 6.57. The first-order valence-corrected chi connectivity index (χ1v) is 9.08. The van der Waals surface area contributed by atoms with E-state index in [1.165, 1.54) is 14.2 Å². The van der Waals surface area contributed by atoms with Crippen LogP contribution in [0.2, 0.25) is 0 Å². The van der Waals surface area contributed by atoms with Crippen molar-refractivity contribution >= 4 is 39.8 Å². The smallest absolute Gasteiger partial charge is 0.341 e. The van der Waals surface area contributed by atoms with E-state index < -0.39 is 5.97 Å². The van der Waals surface area contributed by atoms with Crippen LogP contribution in [0.1, 0.15) is 39.4 Å². The number of benzene rings is 1. The van der Waals surface area contributed by atoms with E-state index in [9.17, 15) is 14.4 Å². The molecule has 0 aliphatic heterocycles. The van der Waals surface area contributed by atoms with Gasteiger partial charge in [-0.3, -0.25) is 9.59 Å². The molecule has 1 heterocycles. The van der Waals surface area contributed by atoms with E-state index in [-0.39, 0.29) is 23.3 Å². The van der Waals surface area contributed by atoms with E-state index in [1.54, 1.807) is 45.0 Å². The molecule has 0 aliphatic rings. The number of hydrogen-bond donors (Lipinski definition) is 2. The van der Waals surface area contributed by atoms with Crippen molar-refractivity contribution in [3.8, 4) is 5.75 Å². The Balaban J connectivity index is 2.37. The monoisotopic (exact) mass is 390 g/mol. The van der Waals surface area contributed by atoms with Crippen molar-refractivity contribution in [2.24, 2.45) is 5.92 Å². The first kappa shape index (κ1) is 20.4. The second kappa shape index (κ2) is 8.68. The van der Waals surface area contributed by atoms with Crippen LogP contribution in [-0.2, 0) is 9.53 Å². The van der Waals surface area contributed by atoms with E-state index in [4.69, 9.17) is 9.47 Å². The molecule has 1 aromatic heterocycles. The molecule has 0 saturated carbocycles. The zero-order chi connectivity index (χ0) is 20.1. The first-order valence-electron chi connectivity index (χ1n) is 8.26. The van der Waals surface area contributed by atoms with E-state index in [1.807, 2.05) is 0 Å². The molecule has 8 heteroatoms. The van der Waals surface area contributed by atoms with Gasteiger partial charge in [0.15, 0.2) is 0 Å². The average Bonchev–Trinajstić information content (AvgIpc) is 2.97. The quantitative estimate of drug-likeness (QED) is 0.734. The summed E-state index contributed by atoms with van der Waals surface area (Å²) in [5.41, 5.74) is 1.19. The summed E-state index contributed by atoms with van der Waals surface area (Å²) in [5.74, 6) is -0.909. The normalized spacial score (nSPS) is 10.4. The van der Waals surface area contributed by atoms with Crippen molar-refractivity contribution in [3.05, 3.63) is 40.3 Å². The van der Waals surface area contributed by atoms with Gasteiger partial charge in [-0.05, 0) is 24.6 Å². The van der Waals surface area contributed by atoms with E-state index in [2.05, 4.69) is 10.6 Å². The molecule has 2 rings (SSSR count). The van der Waals surface area contributed by atoms with Crippen LogP contribution in [0.3, 0.4) is 0 Å². The Bertz CT molecular complexity index is 873. The van der Waals surface area contributed by atoms with Gasteiger partial charge in [0, 0.05) is 17.7 Å². The van der Waals surface area contributed by atoms with Crippen LogP contribution in [0, 0.1) is 12.8 Å². The van der Waals surface area contributed by atoms with Gasteiger partial charge in [-0.1, -0.05) is 19.9 Å². The molecule has 27 heavy (non-hydrogen) atoms. The number of rotatable bonds is 6. The van der Waals surface area contributed by atoms with Crippen LogP contribution in [0.5, 0.6) is 5.75 Å². The van der Waals surface area contributed by atoms with E-state index in [0.717, 1.165) is 11.3 Å². The van der Waals surface area contributed by atoms with Gasteiger partial charge < -0.3 is 20.1 Å². The largest absolute Gasteiger partial charge is 0.497 e. The molecule has 0 spiro atoms. The van der Waals surface area contributed by atoms with Crippen molar-refractivity contribution in [1.82, 2.24) is 0 Å². The third-order valence-electron chi connectivity index (χ3n) is 3.83. The minimum atomic E-state index is -0.608. The molecule has 2 N–H and O–H groups in total. The van der Waals surface area contributed by atoms with Gasteiger partial charge in [-0.2, -0.15) is 0 Å². The number of thiophene rings is 1. The number of carbonyl (C=O) groups is 3. The standard InChI is InChI=1S/C19H22N2O5S/c1-10(2)16(22)21-18-14(19(24)26-5)11(3)15(27-18)17(23)20-12-7-6-8-13(9-12)25-4/h6-10H,1-5H3,(H,20,23)(H,21,22). The summed E-state index contributed by atoms with van der Waals surface area (Å²) in [4.78, 5) is 37.3. The number of carbonyl (C=O) groups excluding carboxylic acids is 3. The molecule has 0 aliphatic carbocycles. The number of nitrogens with one attached hydrogen (secondary N) is 2. The molecule has 0 unspecified atom stereocenters. The summed E-state index contributed by atoms with van der Waals surface area (Å²) in [5, 5.41) is 5.78. The number of ether oxygens (including phenoxy) is 2. The van der Waals surface area contributed by atoms with Crippen molar-refractivity contribution < 1.29 is 23.9 Å². The lowest BCUT2D eigenvalue weighted by molar-refractivity contribution is -0.118. The maximum absolute atomic E-state index is 12.7. The van der Waals surface area contributed by atoms with Crippen LogP contribution in [-0.4, -0.2) is 32.0 Å². The van der Waals surface area contributed by atoms with Crippen LogP contribution in [0.25, 0.3) is 0 Å². The van der Waals surface area contributed by atoms with Crippen molar-refractivity contribution in [3.63, 3.8) is 0 Å². The maximum atomic E-state index is 12.7. The second-order valence-electron chi connectivity index (χ2n) is 6.08. The lowest BCUT2D eigenvalue weighted by Gasteiger charge is -2.07. The predicted octanol–water partition coefficient (Wildman–Crippen LogP) is 3.70. The summed E-state index contributed by atoms with van der Waals surface area (Å²) in [6, 6.07) is 6.93. The number of anilines is 2. The SMILES string of the molecule is COC(=O)c1c(NC(=O)C(C)C)sc(C(=O)Nc2cccc(OC)c2)c1C. The molecule has 2 amide bonds. The van der Waals surface area contributed by atoms with Crippen LogP contribution in [0.15, 0.2) is 24.3 Å². The molecule has 144 valence electrons. The summed E-state index contributed by atoms with van der Waals surface area (Å²) in [6.45, 7) is 5.13. The van der Waals surface area contributed by atoms with Gasteiger partial charge in [-0.25, -0.2) is 4.79 Å². The third kappa shape index (κ3) is 4.65. The molecule has 1 aromatic carbocycles. The highest BCUT2D eigenvalue weighted by molar-refractivity contribution is 7.18. The highest BCUT2D eigenvalue weighted by Crippen LogP contribution is 2.34. The molecule has 7 nitrogen and oxygen atoms in total. The lowest BCUT2D eigenvalue weighted by atomic mass is 10.1. The van der Waals surface area contributed by atoms with Gasteiger partial charge in [0.2, 0.25) is 5.91 Å². The number of hydrogen-bond acceptors (Lipinski definition) is 6. The van der Waals surface area contributed by atoms with Crippen LogP contribution >= 0.6 is 11.3 Å². The van der Waals surface area contributed by atoms with Gasteiger partial charge in [0.25, 0.3) is 5.91 Å². The second-order valence-corrected chi connectivity index (χ2v) is 7.10. The number of amides is 2. The van der Waals surface area contributed by atoms with E-state index >= 15 is 0 Å². The summed E-state index contributed by atoms with van der Waals surface area (Å²) >= 11 is 1.04. The Morgan fingerprint density at radius 2 is 1.81 bits per heavy atom. The molecule has 0 bridgehead atoms. The first-order chi connectivity index (χ1) is 12.8. The summed E-state index contributed by atoms with van der Waals surface area (Å²) < 4.78 is 9.95. The highest BCUT2D eigenvalue weighted by Gasteiger charge is 2.26. The van der Waals surface area contributed by atoms with Gasteiger partial charge in [0.05, 0.1) is 24.7 Å². The van der Waals surface area contributed by atoms with Crippen LogP contribution in [0.4, 0.5) is 10.7 Å². The number of methoxy groups -OCH3 is 2. The highest BCUT2D eigenvalue weighted by atomic mass is 32.1. The Morgan fingerprint density at radius 1 is 1.11 bits per heavy atom. The molecule has 0 saturated heterocycles. The van der Waals surface area contributed by atoms with Crippen molar-refractivity contribution in [1.29, 1.82) is 0 Å². The fraction of sp³-hybridized carbons (Fsp3) is 0.316. The summed E-state index contributed by atoms with van der Waals surface area (Å²) in [6.07, 6.45) is 0. The summed E-state index contributed by atoms with van der Waals surface area (Å²) in [7, 11) is 2.79. The van der Waals surface area contributed by atoms with Gasteiger partial charge in [0.1, 0.15) is 10.8 Å². The zero-order valence-electron chi connectivity index (χ0n) is 15.8. The Morgan fingerprint density at radius 3 is 2.41 bits per heavy atom. The zero-order valence-corrected chi connectivity index (χ0v) is 16.7. The predicted molar refractivity (Wildman–Crippen MR) is 105 cm³/mol. The molecule has 0 fully saturated rings. The average molecular weight is 390 g/mol. The lowest BCUT2D eigenvalue weighted by Crippen LogP contribution is -2.19. The number of esters is 1. The van der Waals surface area contributed by atoms with E-state index in [0.29, 0.717) is 26.9 Å². The molecular weight excluding hydrogens is 368 g/mol. The molecule has 0 radical (unpaired) electrons. The maximum Gasteiger partial charge on any atom is 0.341 e. The van der Waals surface area contributed by atoms with Gasteiger partial charge >= 0.3 is 5.97 Å². The fourth-order valence-electron chi connectivity index (χ4n) is 2.31. The van der Waals surface area contributed by atoms with Crippen molar-refractivity contribution in [2.45, 2.75) is 20.8 Å². The minimum absolute atomic E-state index is 0.187.